The molecule has 0 radical (unpaired) electrons. The molecule has 0 amide bonds. The Bertz CT molecular complexity index is 255. The van der Waals surface area contributed by atoms with Crippen LogP contribution in [0.4, 0.5) is 0 Å². The molecule has 0 heterocycles. The van der Waals surface area contributed by atoms with Gasteiger partial charge in [-0.15, -0.1) is 0 Å². The summed E-state index contributed by atoms with van der Waals surface area (Å²) < 4.78 is 0. The molecule has 0 unspecified atom stereocenters. The lowest BCUT2D eigenvalue weighted by atomic mass is 9.79. The maximum absolute atomic E-state index is 11.7. The average molecular weight is 255 g/mol. The van der Waals surface area contributed by atoms with Crippen molar-refractivity contribution in [1.82, 2.24) is 4.90 Å². The minimum Gasteiger partial charge on any atom is -0.481 e. The van der Waals surface area contributed by atoms with Crippen molar-refractivity contribution in [3.8, 4) is 0 Å². The van der Waals surface area contributed by atoms with Crippen LogP contribution in [0.3, 0.4) is 0 Å². The summed E-state index contributed by atoms with van der Waals surface area (Å²) in [4.78, 5) is 14.1. The number of hydrogen-bond donors (Lipinski definition) is 1. The molecule has 0 atom stereocenters. The second-order valence-corrected chi connectivity index (χ2v) is 6.22. The van der Waals surface area contributed by atoms with Crippen LogP contribution < -0.4 is 0 Å². The van der Waals surface area contributed by atoms with Crippen molar-refractivity contribution in [2.75, 3.05) is 19.6 Å². The topological polar surface area (TPSA) is 40.5 Å². The van der Waals surface area contributed by atoms with Gasteiger partial charge in [-0.25, -0.2) is 0 Å². The van der Waals surface area contributed by atoms with E-state index in [-0.39, 0.29) is 0 Å². The predicted molar refractivity (Wildman–Crippen MR) is 74.7 cm³/mol. The third kappa shape index (κ3) is 4.27. The summed E-state index contributed by atoms with van der Waals surface area (Å²) in [5.41, 5.74) is -0.485. The van der Waals surface area contributed by atoms with Crippen molar-refractivity contribution in [3.63, 3.8) is 0 Å². The van der Waals surface area contributed by atoms with Crippen molar-refractivity contribution in [2.24, 2.45) is 11.3 Å². The molecule has 1 N–H and O–H groups in total. The van der Waals surface area contributed by atoms with Gasteiger partial charge in [-0.2, -0.15) is 0 Å². The molecule has 1 fully saturated rings. The van der Waals surface area contributed by atoms with E-state index in [2.05, 4.69) is 25.7 Å². The molecule has 1 aliphatic rings. The van der Waals surface area contributed by atoms with Gasteiger partial charge in [0.15, 0.2) is 0 Å². The molecule has 1 rings (SSSR count). The smallest absolute Gasteiger partial charge is 0.310 e. The van der Waals surface area contributed by atoms with Crippen molar-refractivity contribution in [1.29, 1.82) is 0 Å². The third-order valence-electron chi connectivity index (χ3n) is 4.11. The van der Waals surface area contributed by atoms with Crippen LogP contribution >= 0.6 is 0 Å². The van der Waals surface area contributed by atoms with Crippen molar-refractivity contribution in [2.45, 2.75) is 59.3 Å². The van der Waals surface area contributed by atoms with Crippen LogP contribution in [0.5, 0.6) is 0 Å². The fraction of sp³-hybridized carbons (Fsp3) is 0.933. The number of carbonyl (C=O) groups is 1. The van der Waals surface area contributed by atoms with Gasteiger partial charge in [-0.3, -0.25) is 4.79 Å². The van der Waals surface area contributed by atoms with Crippen molar-refractivity contribution in [3.05, 3.63) is 0 Å². The second kappa shape index (κ2) is 7.13. The molecule has 3 heteroatoms. The number of aliphatic carboxylic acids is 1. The summed E-state index contributed by atoms with van der Waals surface area (Å²) in [6.07, 6.45) is 6.27. The molecule has 106 valence electrons. The average Bonchev–Trinajstić information content (AvgIpc) is 2.54. The normalized spacial score (nSPS) is 20.1. The first-order valence-electron chi connectivity index (χ1n) is 7.46. The fourth-order valence-electron chi connectivity index (χ4n) is 3.09. The van der Waals surface area contributed by atoms with Crippen LogP contribution in [-0.2, 0) is 4.79 Å². The number of hydrogen-bond acceptors (Lipinski definition) is 2. The molecule has 1 aliphatic carbocycles. The van der Waals surface area contributed by atoms with E-state index >= 15 is 0 Å². The minimum absolute atomic E-state index is 0.485. The fourth-order valence-corrected chi connectivity index (χ4v) is 3.09. The molecular weight excluding hydrogens is 226 g/mol. The van der Waals surface area contributed by atoms with E-state index in [9.17, 15) is 9.90 Å². The largest absolute Gasteiger partial charge is 0.481 e. The van der Waals surface area contributed by atoms with Gasteiger partial charge in [-0.1, -0.05) is 46.5 Å². The summed E-state index contributed by atoms with van der Waals surface area (Å²) in [6.45, 7) is 9.22. The predicted octanol–water partition coefficient (Wildman–Crippen LogP) is 3.39. The van der Waals surface area contributed by atoms with Crippen molar-refractivity contribution < 1.29 is 9.90 Å². The van der Waals surface area contributed by atoms with Crippen LogP contribution in [0, 0.1) is 11.3 Å². The molecule has 0 aliphatic heterocycles. The highest BCUT2D eigenvalue weighted by atomic mass is 16.4. The SMILES string of the molecule is CCN(CC(C)C)CC1(C(=O)O)CCCCCC1. The van der Waals surface area contributed by atoms with Gasteiger partial charge >= 0.3 is 5.97 Å². The van der Waals surface area contributed by atoms with Crippen LogP contribution in [0.1, 0.15) is 59.3 Å². The first kappa shape index (κ1) is 15.5. The summed E-state index contributed by atoms with van der Waals surface area (Å²) in [5.74, 6) is 0.0215. The van der Waals surface area contributed by atoms with Crippen LogP contribution in [0.2, 0.25) is 0 Å². The molecule has 1 saturated carbocycles. The minimum atomic E-state index is -0.577. The molecule has 0 spiro atoms. The Kier molecular flexibility index (Phi) is 6.13. The van der Waals surface area contributed by atoms with E-state index in [4.69, 9.17) is 0 Å². The zero-order valence-corrected chi connectivity index (χ0v) is 12.2. The Morgan fingerprint density at radius 3 is 2.17 bits per heavy atom. The van der Waals surface area contributed by atoms with E-state index < -0.39 is 11.4 Å². The zero-order valence-electron chi connectivity index (χ0n) is 12.2. The van der Waals surface area contributed by atoms with E-state index in [0.717, 1.165) is 45.3 Å². The molecule has 0 aromatic rings. The number of carboxylic acids is 1. The van der Waals surface area contributed by atoms with Gasteiger partial charge in [0.25, 0.3) is 0 Å². The summed E-state index contributed by atoms with van der Waals surface area (Å²) >= 11 is 0. The van der Waals surface area contributed by atoms with E-state index in [1.54, 1.807) is 0 Å². The zero-order chi connectivity index (χ0) is 13.6. The summed E-state index contributed by atoms with van der Waals surface area (Å²) in [5, 5.41) is 9.67. The maximum Gasteiger partial charge on any atom is 0.310 e. The van der Waals surface area contributed by atoms with E-state index in [0.29, 0.717) is 5.92 Å². The number of carboxylic acid groups (broad SMARTS) is 1. The Morgan fingerprint density at radius 2 is 1.78 bits per heavy atom. The van der Waals surface area contributed by atoms with Gasteiger partial charge in [0.05, 0.1) is 5.41 Å². The molecule has 0 saturated heterocycles. The van der Waals surface area contributed by atoms with Gasteiger partial charge in [-0.05, 0) is 25.3 Å². The quantitative estimate of drug-likeness (QED) is 0.740. The second-order valence-electron chi connectivity index (χ2n) is 6.22. The van der Waals surface area contributed by atoms with Crippen LogP contribution in [0.15, 0.2) is 0 Å². The van der Waals surface area contributed by atoms with Crippen LogP contribution in [0.25, 0.3) is 0 Å². The van der Waals surface area contributed by atoms with E-state index in [1.807, 2.05) is 0 Å². The number of rotatable bonds is 6. The van der Waals surface area contributed by atoms with Gasteiger partial charge < -0.3 is 10.0 Å². The monoisotopic (exact) mass is 255 g/mol. The lowest BCUT2D eigenvalue weighted by molar-refractivity contribution is -0.151. The lowest BCUT2D eigenvalue weighted by Gasteiger charge is -2.35. The third-order valence-corrected chi connectivity index (χ3v) is 4.11. The highest BCUT2D eigenvalue weighted by Gasteiger charge is 2.39. The van der Waals surface area contributed by atoms with Gasteiger partial charge in [0, 0.05) is 13.1 Å². The Morgan fingerprint density at radius 1 is 1.22 bits per heavy atom. The molecule has 3 nitrogen and oxygen atoms in total. The Hall–Kier alpha value is -0.570. The summed E-state index contributed by atoms with van der Waals surface area (Å²) in [7, 11) is 0. The van der Waals surface area contributed by atoms with Gasteiger partial charge in [0.2, 0.25) is 0 Å². The van der Waals surface area contributed by atoms with Gasteiger partial charge in [0.1, 0.15) is 0 Å². The maximum atomic E-state index is 11.7. The van der Waals surface area contributed by atoms with Crippen molar-refractivity contribution >= 4 is 5.97 Å². The first-order valence-corrected chi connectivity index (χ1v) is 7.46. The highest BCUT2D eigenvalue weighted by Crippen LogP contribution is 2.36. The highest BCUT2D eigenvalue weighted by molar-refractivity contribution is 5.75. The first-order chi connectivity index (χ1) is 8.50. The molecule has 0 bridgehead atoms. The Labute approximate surface area is 112 Å². The molecule has 18 heavy (non-hydrogen) atoms. The summed E-state index contributed by atoms with van der Waals surface area (Å²) in [6, 6.07) is 0. The number of nitrogens with zero attached hydrogens (tertiary/aromatic N) is 1. The molecule has 0 aromatic carbocycles. The van der Waals surface area contributed by atoms with Crippen LogP contribution in [-0.4, -0.2) is 35.6 Å². The lowest BCUT2D eigenvalue weighted by Crippen LogP contribution is -2.44. The Balaban J connectivity index is 2.73. The molecule has 0 aromatic heterocycles. The van der Waals surface area contributed by atoms with E-state index in [1.165, 1.54) is 12.8 Å². The molecular formula is C15H29NO2. The standard InChI is InChI=1S/C15H29NO2/c1-4-16(11-13(2)3)12-15(14(17)18)9-7-5-6-8-10-15/h13H,4-12H2,1-3H3,(H,17,18).